The maximum atomic E-state index is 12.5. The number of benzene rings is 2. The molecule has 0 radical (unpaired) electrons. The zero-order valence-corrected chi connectivity index (χ0v) is 13.5. The van der Waals surface area contributed by atoms with Crippen molar-refractivity contribution in [3.8, 4) is 6.07 Å². The average molecular weight is 366 g/mol. The fraction of sp³-hybridized carbons (Fsp3) is 0.0714. The van der Waals surface area contributed by atoms with Crippen molar-refractivity contribution in [2.24, 2.45) is 0 Å². The first-order valence-corrected chi connectivity index (χ1v) is 8.20. The summed E-state index contributed by atoms with van der Waals surface area (Å²) in [4.78, 5) is 0.0942. The maximum Gasteiger partial charge on any atom is 0.262 e. The predicted octanol–water partition coefficient (Wildman–Crippen LogP) is 3.01. The van der Waals surface area contributed by atoms with E-state index in [9.17, 15) is 8.42 Å². The fourth-order valence-electron chi connectivity index (χ4n) is 1.82. The van der Waals surface area contributed by atoms with Gasteiger partial charge in [-0.05, 0) is 42.8 Å². The molecule has 3 N–H and O–H groups in total. The summed E-state index contributed by atoms with van der Waals surface area (Å²) in [6.07, 6.45) is 0. The molecule has 0 fully saturated rings. The van der Waals surface area contributed by atoms with Crippen LogP contribution in [-0.4, -0.2) is 8.42 Å². The van der Waals surface area contributed by atoms with Gasteiger partial charge in [-0.15, -0.1) is 0 Å². The van der Waals surface area contributed by atoms with Crippen LogP contribution in [0.25, 0.3) is 0 Å². The summed E-state index contributed by atoms with van der Waals surface area (Å²) >= 11 is 3.23. The van der Waals surface area contributed by atoms with Gasteiger partial charge in [-0.25, -0.2) is 8.42 Å². The number of hydrogen-bond acceptors (Lipinski definition) is 4. The first-order valence-electron chi connectivity index (χ1n) is 5.92. The monoisotopic (exact) mass is 365 g/mol. The molecule has 0 spiro atoms. The maximum absolute atomic E-state index is 12.5. The van der Waals surface area contributed by atoms with Crippen LogP contribution in [0.5, 0.6) is 0 Å². The van der Waals surface area contributed by atoms with Gasteiger partial charge < -0.3 is 5.73 Å². The second kappa shape index (κ2) is 5.76. The summed E-state index contributed by atoms with van der Waals surface area (Å²) < 4.78 is 27.9. The molecule has 0 aliphatic rings. The molecule has 0 atom stereocenters. The number of nitriles is 1. The Morgan fingerprint density at radius 2 is 2.00 bits per heavy atom. The Kier molecular flexibility index (Phi) is 4.21. The van der Waals surface area contributed by atoms with Crippen molar-refractivity contribution in [1.29, 1.82) is 5.26 Å². The van der Waals surface area contributed by atoms with Gasteiger partial charge >= 0.3 is 0 Å². The molecule has 2 aromatic carbocycles. The predicted molar refractivity (Wildman–Crippen MR) is 85.3 cm³/mol. The minimum atomic E-state index is -3.78. The van der Waals surface area contributed by atoms with E-state index < -0.39 is 10.0 Å². The van der Waals surface area contributed by atoms with E-state index in [0.29, 0.717) is 27.0 Å². The lowest BCUT2D eigenvalue weighted by molar-refractivity contribution is 0.600. The Labute approximate surface area is 131 Å². The number of anilines is 2. The molecule has 0 unspecified atom stereocenters. The van der Waals surface area contributed by atoms with Crippen LogP contribution in [0.15, 0.2) is 45.8 Å². The van der Waals surface area contributed by atoms with Crippen molar-refractivity contribution in [2.75, 3.05) is 10.5 Å². The van der Waals surface area contributed by atoms with Gasteiger partial charge in [0, 0.05) is 10.2 Å². The van der Waals surface area contributed by atoms with E-state index in [1.807, 2.05) is 6.07 Å². The summed E-state index contributed by atoms with van der Waals surface area (Å²) in [6.45, 7) is 1.64. The second-order valence-electron chi connectivity index (χ2n) is 4.42. The van der Waals surface area contributed by atoms with E-state index >= 15 is 0 Å². The van der Waals surface area contributed by atoms with E-state index in [0.717, 1.165) is 0 Å². The topological polar surface area (TPSA) is 96.0 Å². The van der Waals surface area contributed by atoms with E-state index in [2.05, 4.69) is 20.7 Å². The second-order valence-corrected chi connectivity index (χ2v) is 6.98. The van der Waals surface area contributed by atoms with Crippen molar-refractivity contribution < 1.29 is 8.42 Å². The largest absolute Gasteiger partial charge is 0.398 e. The van der Waals surface area contributed by atoms with E-state index in [1.165, 1.54) is 12.1 Å². The summed E-state index contributed by atoms with van der Waals surface area (Å²) in [5.74, 6) is 0. The SMILES string of the molecule is Cc1c(N)cc(Br)cc1S(=O)(=O)Nc1cccc(C#N)c1. The van der Waals surface area contributed by atoms with Gasteiger partial charge in [-0.3, -0.25) is 4.72 Å². The first-order chi connectivity index (χ1) is 9.83. The number of halogens is 1. The lowest BCUT2D eigenvalue weighted by Gasteiger charge is -2.12. The molecule has 0 saturated carbocycles. The lowest BCUT2D eigenvalue weighted by atomic mass is 10.2. The summed E-state index contributed by atoms with van der Waals surface area (Å²) in [5.41, 5.74) is 7.35. The van der Waals surface area contributed by atoms with Crippen LogP contribution in [0, 0.1) is 18.3 Å². The molecule has 7 heteroatoms. The van der Waals surface area contributed by atoms with Crippen LogP contribution < -0.4 is 10.5 Å². The third-order valence-corrected chi connectivity index (χ3v) is 4.86. The quantitative estimate of drug-likeness (QED) is 0.817. The third-order valence-electron chi connectivity index (χ3n) is 2.90. The summed E-state index contributed by atoms with van der Waals surface area (Å²) in [7, 11) is -3.78. The smallest absolute Gasteiger partial charge is 0.262 e. The van der Waals surface area contributed by atoms with Crippen LogP contribution >= 0.6 is 15.9 Å². The summed E-state index contributed by atoms with van der Waals surface area (Å²) in [5, 5.41) is 8.84. The molecule has 2 rings (SSSR count). The van der Waals surface area contributed by atoms with Gasteiger partial charge in [0.1, 0.15) is 0 Å². The molecule has 5 nitrogen and oxygen atoms in total. The number of nitrogens with two attached hydrogens (primary N) is 1. The standard InChI is InChI=1S/C14H12BrN3O2S/c1-9-13(17)6-11(15)7-14(9)21(19,20)18-12-4-2-3-10(5-12)8-16/h2-7,18H,17H2,1H3. The van der Waals surface area contributed by atoms with Crippen LogP contribution in [0.3, 0.4) is 0 Å². The third kappa shape index (κ3) is 3.35. The minimum absolute atomic E-state index is 0.0942. The van der Waals surface area contributed by atoms with Crippen molar-refractivity contribution in [3.63, 3.8) is 0 Å². The molecular formula is C14H12BrN3O2S. The molecule has 108 valence electrons. The molecule has 0 aliphatic carbocycles. The number of nitrogens with one attached hydrogen (secondary N) is 1. The lowest BCUT2D eigenvalue weighted by Crippen LogP contribution is -2.15. The fourth-order valence-corrected chi connectivity index (χ4v) is 3.79. The van der Waals surface area contributed by atoms with Crippen molar-refractivity contribution in [3.05, 3.63) is 52.0 Å². The molecule has 21 heavy (non-hydrogen) atoms. The van der Waals surface area contributed by atoms with Crippen molar-refractivity contribution >= 4 is 37.3 Å². The highest BCUT2D eigenvalue weighted by Crippen LogP contribution is 2.27. The molecule has 0 aromatic heterocycles. The normalized spacial score (nSPS) is 10.9. The Hall–Kier alpha value is -2.04. The average Bonchev–Trinajstić information content (AvgIpc) is 2.42. The summed E-state index contributed by atoms with van der Waals surface area (Å²) in [6, 6.07) is 11.3. The Morgan fingerprint density at radius 1 is 1.29 bits per heavy atom. The first kappa shape index (κ1) is 15.4. The Balaban J connectivity index is 2.46. The zero-order chi connectivity index (χ0) is 15.6. The van der Waals surface area contributed by atoms with Gasteiger partial charge in [-0.1, -0.05) is 22.0 Å². The number of sulfonamides is 1. The molecule has 2 aromatic rings. The van der Waals surface area contributed by atoms with Crippen molar-refractivity contribution in [2.45, 2.75) is 11.8 Å². The van der Waals surface area contributed by atoms with Crippen LogP contribution in [0.2, 0.25) is 0 Å². The van der Waals surface area contributed by atoms with Crippen LogP contribution in [0.4, 0.5) is 11.4 Å². The number of hydrogen-bond donors (Lipinski definition) is 2. The van der Waals surface area contributed by atoms with E-state index in [-0.39, 0.29) is 4.90 Å². The number of nitrogens with zero attached hydrogens (tertiary/aromatic N) is 1. The Bertz CT molecular complexity index is 842. The number of nitrogen functional groups attached to an aromatic ring is 1. The van der Waals surface area contributed by atoms with Crippen LogP contribution in [0.1, 0.15) is 11.1 Å². The molecular weight excluding hydrogens is 354 g/mol. The molecule has 0 bridgehead atoms. The van der Waals surface area contributed by atoms with Gasteiger partial charge in [0.2, 0.25) is 0 Å². The minimum Gasteiger partial charge on any atom is -0.398 e. The molecule has 0 saturated heterocycles. The molecule has 0 heterocycles. The van der Waals surface area contributed by atoms with Crippen LogP contribution in [-0.2, 0) is 10.0 Å². The van der Waals surface area contributed by atoms with Gasteiger partial charge in [-0.2, -0.15) is 5.26 Å². The molecule has 0 amide bonds. The highest BCUT2D eigenvalue weighted by molar-refractivity contribution is 9.10. The van der Waals surface area contributed by atoms with E-state index in [1.54, 1.807) is 31.2 Å². The molecule has 0 aliphatic heterocycles. The number of rotatable bonds is 3. The van der Waals surface area contributed by atoms with Gasteiger partial charge in [0.05, 0.1) is 22.2 Å². The zero-order valence-electron chi connectivity index (χ0n) is 11.1. The highest BCUT2D eigenvalue weighted by atomic mass is 79.9. The van der Waals surface area contributed by atoms with E-state index in [4.69, 9.17) is 11.0 Å². The highest BCUT2D eigenvalue weighted by Gasteiger charge is 2.19. The van der Waals surface area contributed by atoms with Gasteiger partial charge in [0.15, 0.2) is 0 Å². The van der Waals surface area contributed by atoms with Crippen molar-refractivity contribution in [1.82, 2.24) is 0 Å². The Morgan fingerprint density at radius 3 is 2.67 bits per heavy atom. The van der Waals surface area contributed by atoms with Gasteiger partial charge in [0.25, 0.3) is 10.0 Å².